The van der Waals surface area contributed by atoms with E-state index >= 15 is 0 Å². The van der Waals surface area contributed by atoms with Crippen molar-refractivity contribution >= 4 is 11.9 Å². The first-order valence-corrected chi connectivity index (χ1v) is 24.4. The summed E-state index contributed by atoms with van der Waals surface area (Å²) in [5.41, 5.74) is 6.10. The lowest BCUT2D eigenvalue weighted by Crippen LogP contribution is -2.62. The molecule has 4 rings (SSSR count). The Morgan fingerprint density at radius 3 is 1.88 bits per heavy atom. The highest BCUT2D eigenvalue weighted by atomic mass is 16.7. The number of amides is 1. The van der Waals surface area contributed by atoms with Gasteiger partial charge in [0.05, 0.1) is 85.5 Å². The fraction of sp³-hybridized carbons (Fsp3) is 0.686. The average molecular weight is 977 g/mol. The summed E-state index contributed by atoms with van der Waals surface area (Å²) >= 11 is 0. The first-order valence-electron chi connectivity index (χ1n) is 24.4. The van der Waals surface area contributed by atoms with E-state index in [4.69, 9.17) is 24.7 Å². The SMILES string of the molecule is C[C@@H]1OC(=O)CC(O)CC(O)CCC(O)C(O)C[C@H](O)CC2(O)C[C@H](O)C(C(=O)NCC3CC3)[C@H](CC(O[C@@H]3O[C@H](C)[C@@H](O)[C@H](N)[C@@H]3O)/C=C/C=C/C=C/C=C/C=C/C=C/C=C/[C@H](C)C(O)[C@H]1C)O2. The molecule has 18 heteroatoms. The highest BCUT2D eigenvalue weighted by Crippen LogP contribution is 2.38. The Labute approximate surface area is 406 Å². The monoisotopic (exact) mass is 977 g/mol. The predicted molar refractivity (Wildman–Crippen MR) is 255 cm³/mol. The summed E-state index contributed by atoms with van der Waals surface area (Å²) in [5, 5.41) is 113. The van der Waals surface area contributed by atoms with E-state index in [-0.39, 0.29) is 31.6 Å². The number of cyclic esters (lactones) is 1. The van der Waals surface area contributed by atoms with Gasteiger partial charge in [0.15, 0.2) is 12.1 Å². The van der Waals surface area contributed by atoms with Gasteiger partial charge in [0.25, 0.3) is 0 Å². The quantitative estimate of drug-likeness (QED) is 0.172. The summed E-state index contributed by atoms with van der Waals surface area (Å²) in [7, 11) is 0. The molecule has 0 aromatic carbocycles. The van der Waals surface area contributed by atoms with Crippen LogP contribution in [-0.4, -0.2) is 167 Å². The zero-order chi connectivity index (χ0) is 50.8. The second-order valence-corrected chi connectivity index (χ2v) is 19.4. The number of hydrogen-bond donors (Lipinski definition) is 12. The van der Waals surface area contributed by atoms with E-state index in [1.807, 2.05) is 49.5 Å². The smallest absolute Gasteiger partial charge is 0.308 e. The van der Waals surface area contributed by atoms with Crippen LogP contribution >= 0.6 is 0 Å². The van der Waals surface area contributed by atoms with E-state index < -0.39 is 147 Å². The van der Waals surface area contributed by atoms with Crippen molar-refractivity contribution in [1.29, 1.82) is 0 Å². The Kier molecular flexibility index (Phi) is 24.1. The van der Waals surface area contributed by atoms with Gasteiger partial charge in [-0.25, -0.2) is 0 Å². The van der Waals surface area contributed by atoms with E-state index in [0.717, 1.165) is 12.8 Å². The number of hydrogen-bond acceptors (Lipinski definition) is 17. The maximum Gasteiger partial charge on any atom is 0.308 e. The number of ether oxygens (including phenoxy) is 4. The number of fused-ring (bicyclic) bond motifs is 2. The molecule has 18 nitrogen and oxygen atoms in total. The second-order valence-electron chi connectivity index (χ2n) is 19.4. The van der Waals surface area contributed by atoms with Gasteiger partial charge in [-0.3, -0.25) is 9.59 Å². The third-order valence-corrected chi connectivity index (χ3v) is 13.3. The number of aliphatic hydroxyl groups is 10. The van der Waals surface area contributed by atoms with Gasteiger partial charge in [0, 0.05) is 44.1 Å². The van der Waals surface area contributed by atoms with Crippen LogP contribution in [0.5, 0.6) is 0 Å². The zero-order valence-corrected chi connectivity index (χ0v) is 40.3. The molecular formula is C51H80N2O16. The molecule has 3 aliphatic heterocycles. The molecule has 19 atom stereocenters. The Morgan fingerprint density at radius 2 is 1.28 bits per heavy atom. The third kappa shape index (κ3) is 19.6. The molecule has 1 aliphatic carbocycles. The van der Waals surface area contributed by atoms with Gasteiger partial charge in [-0.05, 0) is 51.9 Å². The largest absolute Gasteiger partial charge is 0.462 e. The molecule has 390 valence electrons. The van der Waals surface area contributed by atoms with Crippen molar-refractivity contribution in [1.82, 2.24) is 5.32 Å². The highest BCUT2D eigenvalue weighted by Gasteiger charge is 2.51. The molecule has 0 spiro atoms. The van der Waals surface area contributed by atoms with E-state index in [1.165, 1.54) is 0 Å². The third-order valence-electron chi connectivity index (χ3n) is 13.3. The van der Waals surface area contributed by atoms with Crippen molar-refractivity contribution in [3.63, 3.8) is 0 Å². The molecule has 13 N–H and O–H groups in total. The molecular weight excluding hydrogens is 897 g/mol. The average Bonchev–Trinajstić information content (AvgIpc) is 4.11. The molecule has 1 saturated carbocycles. The number of esters is 1. The number of carbonyl (C=O) groups is 2. The number of rotatable bonds is 5. The molecule has 1 amide bonds. The molecule has 2 bridgehead atoms. The molecule has 0 aromatic rings. The van der Waals surface area contributed by atoms with Gasteiger partial charge < -0.3 is 81.1 Å². The molecule has 69 heavy (non-hydrogen) atoms. The summed E-state index contributed by atoms with van der Waals surface area (Å²) < 4.78 is 23.8. The summed E-state index contributed by atoms with van der Waals surface area (Å²) in [6, 6.07) is -1.12. The minimum Gasteiger partial charge on any atom is -0.462 e. The lowest BCUT2D eigenvalue weighted by molar-refractivity contribution is -0.307. The predicted octanol–water partition coefficient (Wildman–Crippen LogP) is 1.15. The minimum absolute atomic E-state index is 0.0857. The zero-order valence-electron chi connectivity index (χ0n) is 40.3. The Morgan fingerprint density at radius 1 is 0.681 bits per heavy atom. The number of carbonyl (C=O) groups excluding carboxylic acids is 2. The summed E-state index contributed by atoms with van der Waals surface area (Å²) in [6.45, 7) is 7.20. The van der Waals surface area contributed by atoms with Crippen LogP contribution in [0, 0.1) is 23.7 Å². The highest BCUT2D eigenvalue weighted by molar-refractivity contribution is 5.80. The van der Waals surface area contributed by atoms with Crippen molar-refractivity contribution in [2.45, 2.75) is 189 Å². The first kappa shape index (κ1) is 58.1. The van der Waals surface area contributed by atoms with Gasteiger partial charge >= 0.3 is 5.97 Å². The van der Waals surface area contributed by atoms with Crippen LogP contribution in [-0.2, 0) is 28.5 Å². The van der Waals surface area contributed by atoms with Gasteiger partial charge in [-0.15, -0.1) is 0 Å². The molecule has 8 unspecified atom stereocenters. The molecule has 3 heterocycles. The van der Waals surface area contributed by atoms with Crippen molar-refractivity contribution in [2.24, 2.45) is 29.4 Å². The lowest BCUT2D eigenvalue weighted by Gasteiger charge is -2.46. The van der Waals surface area contributed by atoms with Crippen LogP contribution in [0.25, 0.3) is 0 Å². The Balaban J connectivity index is 1.58. The Bertz CT molecular complexity index is 1780. The maximum atomic E-state index is 13.7. The van der Waals surface area contributed by atoms with Crippen molar-refractivity contribution < 1.29 is 79.6 Å². The topological polar surface area (TPSA) is 311 Å². The van der Waals surface area contributed by atoms with E-state index in [1.54, 1.807) is 63.3 Å². The molecule has 3 fully saturated rings. The summed E-state index contributed by atoms with van der Waals surface area (Å²) in [5.74, 6) is -5.12. The normalized spacial score (nSPS) is 44.6. The van der Waals surface area contributed by atoms with Gasteiger partial charge in [0.1, 0.15) is 12.2 Å². The summed E-state index contributed by atoms with van der Waals surface area (Å²) in [4.78, 5) is 26.4. The number of allylic oxidation sites excluding steroid dienone is 12. The van der Waals surface area contributed by atoms with E-state index in [0.29, 0.717) is 12.5 Å². The fourth-order valence-electron chi connectivity index (χ4n) is 8.67. The summed E-state index contributed by atoms with van der Waals surface area (Å²) in [6.07, 6.45) is 7.16. The molecule has 0 aromatic heterocycles. The van der Waals surface area contributed by atoms with Crippen LogP contribution in [0.15, 0.2) is 85.1 Å². The van der Waals surface area contributed by atoms with Gasteiger partial charge in [0.2, 0.25) is 5.91 Å². The molecule has 2 saturated heterocycles. The standard InChI is InChI=1S/C51H80N2O16/c1-30-17-15-13-11-9-7-5-6-8-10-12-14-16-18-38(68-50-48(63)45(52)47(62)33(4)67-50)26-42-44(49(64)53-29-34-19-20-34)41(59)28-51(65,69-42)27-37(56)24-40(58)39(57)22-21-35(54)23-36(55)25-43(60)66-32(3)31(2)46(30)61/h5-18,30-42,44-48,50,54-59,61-63,65H,19-29,52H2,1-4H3,(H,53,64)/b6-5+,9-7+,10-8+,13-11+,14-12+,17-15+,18-16+/t30-,31-,32-,33+,35?,36?,37-,38?,39?,40?,41-,42-,44?,45-,46?,47+,48-,50-,51?/m0/s1. The van der Waals surface area contributed by atoms with Gasteiger partial charge in [-0.1, -0.05) is 98.9 Å². The van der Waals surface area contributed by atoms with Crippen molar-refractivity contribution in [2.75, 3.05) is 6.54 Å². The first-order chi connectivity index (χ1) is 32.7. The van der Waals surface area contributed by atoms with Crippen molar-refractivity contribution in [3.8, 4) is 0 Å². The molecule has 0 radical (unpaired) electrons. The number of nitrogens with two attached hydrogens (primary N) is 1. The van der Waals surface area contributed by atoms with E-state index in [9.17, 15) is 60.7 Å². The number of nitrogens with one attached hydrogen (secondary N) is 1. The maximum absolute atomic E-state index is 13.7. The van der Waals surface area contributed by atoms with Crippen LogP contribution in [0.2, 0.25) is 0 Å². The van der Waals surface area contributed by atoms with Gasteiger partial charge in [-0.2, -0.15) is 0 Å². The second kappa shape index (κ2) is 28.6. The lowest BCUT2D eigenvalue weighted by atomic mass is 9.82. The number of aliphatic hydroxyl groups excluding tert-OH is 9. The van der Waals surface area contributed by atoms with Crippen LogP contribution < -0.4 is 11.1 Å². The Hall–Kier alpha value is -3.44. The van der Waals surface area contributed by atoms with Crippen LogP contribution in [0.3, 0.4) is 0 Å². The van der Waals surface area contributed by atoms with Crippen molar-refractivity contribution in [3.05, 3.63) is 85.1 Å². The van der Waals surface area contributed by atoms with Crippen LogP contribution in [0.4, 0.5) is 0 Å². The fourth-order valence-corrected chi connectivity index (χ4v) is 8.67. The van der Waals surface area contributed by atoms with E-state index in [2.05, 4.69) is 5.32 Å². The molecule has 4 aliphatic rings. The van der Waals surface area contributed by atoms with Crippen LogP contribution in [0.1, 0.15) is 91.9 Å². The minimum atomic E-state index is -2.24.